The molecule has 0 aromatic carbocycles. The largest absolute Gasteiger partial charge is 0.502 e. The van der Waals surface area contributed by atoms with Gasteiger partial charge < -0.3 is 0 Å². The molecule has 0 rings (SSSR count). The Morgan fingerprint density at radius 1 is 1.33 bits per heavy atom. The van der Waals surface area contributed by atoms with E-state index in [2.05, 4.69) is 47.8 Å². The Bertz CT molecular complexity index is 56.3. The van der Waals surface area contributed by atoms with E-state index in [1.807, 2.05) is 0 Å². The first kappa shape index (κ1) is 7.46. The lowest BCUT2D eigenvalue weighted by Crippen LogP contribution is -1.91. The van der Waals surface area contributed by atoms with Gasteiger partial charge in [0.05, 0.1) is 0 Å². The van der Waals surface area contributed by atoms with Crippen molar-refractivity contribution in [1.82, 2.24) is 0 Å². The van der Waals surface area contributed by atoms with Gasteiger partial charge in [-0.3, -0.25) is 0 Å². The second-order valence-corrected chi connectivity index (χ2v) is 9.64. The van der Waals surface area contributed by atoms with E-state index < -0.39 is 1.47 Å². The number of halogens is 3. The van der Waals surface area contributed by atoms with E-state index in [1.54, 1.807) is 0 Å². The number of hydrogen-bond donors (Lipinski definition) is 0. The quantitative estimate of drug-likeness (QED) is 0.495. The Morgan fingerprint density at radius 3 is 1.50 bits per heavy atom. The van der Waals surface area contributed by atoms with Crippen molar-refractivity contribution < 1.29 is 4.21 Å². The summed E-state index contributed by atoms with van der Waals surface area (Å²) < 4.78 is 9.07. The topological polar surface area (TPSA) is 17.1 Å². The van der Waals surface area contributed by atoms with Crippen molar-refractivity contribution in [1.29, 1.82) is 0 Å². The van der Waals surface area contributed by atoms with E-state index in [0.717, 1.165) is 0 Å². The zero-order valence-corrected chi connectivity index (χ0v) is 8.02. The Kier molecular flexibility index (Phi) is 3.35. The van der Waals surface area contributed by atoms with Gasteiger partial charge in [-0.05, 0) is 0 Å². The molecular formula is CBr3OS+. The van der Waals surface area contributed by atoms with Gasteiger partial charge in [0, 0.05) is 52.0 Å². The average molecular weight is 300 g/mol. The molecule has 0 unspecified atom stereocenters. The van der Waals surface area contributed by atoms with Gasteiger partial charge in [0.15, 0.2) is 0 Å². The highest BCUT2D eigenvalue weighted by Crippen LogP contribution is 2.32. The standard InChI is InChI=1S/CBr3OS/c2-1(3,4)6-5/q+1. The Balaban J connectivity index is 3.45. The molecule has 0 bridgehead atoms. The maximum Gasteiger partial charge on any atom is 0.502 e. The highest BCUT2D eigenvalue weighted by atomic mass is 80.0. The minimum absolute atomic E-state index is 0.382. The molecule has 0 radical (unpaired) electrons. The molecule has 0 fully saturated rings. The molecule has 36 valence electrons. The summed E-state index contributed by atoms with van der Waals surface area (Å²) in [4.78, 5) is 0. The second kappa shape index (κ2) is 2.69. The first-order chi connectivity index (χ1) is 2.56. The van der Waals surface area contributed by atoms with Crippen LogP contribution in [0.3, 0.4) is 0 Å². The summed E-state index contributed by atoms with van der Waals surface area (Å²) in [7, 11) is 0. The van der Waals surface area contributed by atoms with Gasteiger partial charge in [-0.15, -0.1) is 0 Å². The molecular weight excluding hydrogens is 300 g/mol. The lowest BCUT2D eigenvalue weighted by Gasteiger charge is -1.77. The van der Waals surface area contributed by atoms with E-state index in [-0.39, 0.29) is 0 Å². The Hall–Kier alpha value is 1.46. The van der Waals surface area contributed by atoms with Crippen LogP contribution < -0.4 is 0 Å². The van der Waals surface area contributed by atoms with Crippen LogP contribution in [-0.2, 0) is 15.9 Å². The SMILES string of the molecule is O=[S+]C(Br)(Br)Br. The lowest BCUT2D eigenvalue weighted by molar-refractivity contribution is 0.606. The van der Waals surface area contributed by atoms with E-state index in [0.29, 0.717) is 11.7 Å². The molecule has 0 saturated heterocycles. The molecule has 0 saturated carbocycles. The number of rotatable bonds is 0. The van der Waals surface area contributed by atoms with Gasteiger partial charge in [-0.2, -0.15) is 0 Å². The zero-order chi connectivity index (χ0) is 5.21. The molecule has 0 aromatic heterocycles. The van der Waals surface area contributed by atoms with Crippen molar-refractivity contribution in [2.24, 2.45) is 0 Å². The average Bonchev–Trinajstić information content (AvgIpc) is 1.35. The molecule has 0 atom stereocenters. The van der Waals surface area contributed by atoms with Crippen molar-refractivity contribution in [2.45, 2.75) is 1.47 Å². The Labute approximate surface area is 64.7 Å². The summed E-state index contributed by atoms with van der Waals surface area (Å²) in [6.45, 7) is 0. The molecule has 0 aliphatic carbocycles. The van der Waals surface area contributed by atoms with Crippen molar-refractivity contribution in [3.8, 4) is 0 Å². The minimum Gasteiger partial charge on any atom is 0.0181 e. The summed E-state index contributed by atoms with van der Waals surface area (Å²) in [5, 5.41) is 0. The van der Waals surface area contributed by atoms with Crippen molar-refractivity contribution in [3.05, 3.63) is 0 Å². The van der Waals surface area contributed by atoms with Gasteiger partial charge in [-0.25, -0.2) is 0 Å². The normalized spacial score (nSPS) is 11.2. The minimum atomic E-state index is -0.660. The molecule has 5 heteroatoms. The first-order valence-corrected chi connectivity index (χ1v) is 4.06. The van der Waals surface area contributed by atoms with Crippen molar-refractivity contribution in [3.63, 3.8) is 0 Å². The van der Waals surface area contributed by atoms with E-state index in [4.69, 9.17) is 0 Å². The fourth-order valence-electron chi connectivity index (χ4n) is 0. The van der Waals surface area contributed by atoms with Gasteiger partial charge in [-0.1, -0.05) is 0 Å². The molecule has 0 amide bonds. The van der Waals surface area contributed by atoms with E-state index >= 15 is 0 Å². The maximum atomic E-state index is 9.73. The molecule has 0 aliphatic rings. The summed E-state index contributed by atoms with van der Waals surface area (Å²) in [5.74, 6) is 0. The monoisotopic (exact) mass is 297 g/mol. The third-order valence-electron chi connectivity index (χ3n) is 0.0945. The third-order valence-corrected chi connectivity index (χ3v) is 1.47. The van der Waals surface area contributed by atoms with Crippen LogP contribution >= 0.6 is 47.8 Å². The smallest absolute Gasteiger partial charge is 0.0181 e. The van der Waals surface area contributed by atoms with Crippen LogP contribution in [0.15, 0.2) is 0 Å². The van der Waals surface area contributed by atoms with Gasteiger partial charge in [0.2, 0.25) is 0 Å². The zero-order valence-electron chi connectivity index (χ0n) is 2.45. The molecule has 6 heavy (non-hydrogen) atoms. The third kappa shape index (κ3) is 5.46. The number of hydrogen-bond acceptors (Lipinski definition) is 1. The first-order valence-electron chi connectivity index (χ1n) is 0.938. The van der Waals surface area contributed by atoms with Crippen LogP contribution in [0.2, 0.25) is 0 Å². The molecule has 0 spiro atoms. The lowest BCUT2D eigenvalue weighted by atomic mass is 11.9. The van der Waals surface area contributed by atoms with E-state index in [1.165, 1.54) is 0 Å². The molecule has 0 aromatic rings. The van der Waals surface area contributed by atoms with Crippen LogP contribution in [0.5, 0.6) is 0 Å². The predicted octanol–water partition coefficient (Wildman–Crippen LogP) is 2.21. The fourth-order valence-corrected chi connectivity index (χ4v) is 0. The van der Waals surface area contributed by atoms with Crippen LogP contribution in [0.25, 0.3) is 0 Å². The van der Waals surface area contributed by atoms with Crippen LogP contribution in [0.1, 0.15) is 0 Å². The molecule has 0 N–H and O–H groups in total. The fraction of sp³-hybridized carbons (Fsp3) is 1.00. The van der Waals surface area contributed by atoms with E-state index in [9.17, 15) is 4.21 Å². The molecule has 1 nitrogen and oxygen atoms in total. The molecule has 0 heterocycles. The van der Waals surface area contributed by atoms with Crippen molar-refractivity contribution >= 4 is 59.5 Å². The van der Waals surface area contributed by atoms with Crippen LogP contribution in [-0.4, -0.2) is 1.47 Å². The van der Waals surface area contributed by atoms with Crippen LogP contribution in [0, 0.1) is 0 Å². The summed E-state index contributed by atoms with van der Waals surface area (Å²) in [6, 6.07) is 0. The summed E-state index contributed by atoms with van der Waals surface area (Å²) in [6.07, 6.45) is 0. The summed E-state index contributed by atoms with van der Waals surface area (Å²) >= 11 is 9.27. The van der Waals surface area contributed by atoms with Crippen molar-refractivity contribution in [2.75, 3.05) is 0 Å². The second-order valence-electron chi connectivity index (χ2n) is 0.529. The number of alkyl halides is 3. The highest BCUT2D eigenvalue weighted by Gasteiger charge is 2.33. The Morgan fingerprint density at radius 2 is 1.50 bits per heavy atom. The molecule has 0 aliphatic heterocycles. The maximum absolute atomic E-state index is 9.73. The van der Waals surface area contributed by atoms with Crippen LogP contribution in [0.4, 0.5) is 0 Å². The van der Waals surface area contributed by atoms with Gasteiger partial charge in [0.1, 0.15) is 0 Å². The van der Waals surface area contributed by atoms with Gasteiger partial charge in [0.25, 0.3) is 0 Å². The predicted molar refractivity (Wildman–Crippen MR) is 37.6 cm³/mol. The summed E-state index contributed by atoms with van der Waals surface area (Å²) in [5.41, 5.74) is 0. The highest BCUT2D eigenvalue weighted by molar-refractivity contribution is 9.41. The van der Waals surface area contributed by atoms with Gasteiger partial charge >= 0.3 is 13.1 Å².